The molecule has 0 fully saturated rings. The maximum absolute atomic E-state index is 12.1. The molecule has 19 heavy (non-hydrogen) atoms. The standard InChI is InChI=1S/C15H14O4/c1-9-11(16)8-13(18)14(15(9)19)12(17)7-10-5-3-2-4-6-10/h2-6,8,16,18-19H,7H2,1H3. The maximum atomic E-state index is 12.1. The van der Waals surface area contributed by atoms with Crippen LogP contribution in [0.1, 0.15) is 21.5 Å². The first-order chi connectivity index (χ1) is 9.00. The highest BCUT2D eigenvalue weighted by Gasteiger charge is 2.20. The summed E-state index contributed by atoms with van der Waals surface area (Å²) < 4.78 is 0. The van der Waals surface area contributed by atoms with E-state index in [0.717, 1.165) is 11.6 Å². The summed E-state index contributed by atoms with van der Waals surface area (Å²) in [7, 11) is 0. The van der Waals surface area contributed by atoms with Crippen molar-refractivity contribution in [1.82, 2.24) is 0 Å². The van der Waals surface area contributed by atoms with Gasteiger partial charge in [0.1, 0.15) is 22.8 Å². The minimum atomic E-state index is -0.415. The minimum Gasteiger partial charge on any atom is -0.507 e. The third kappa shape index (κ3) is 2.52. The number of carbonyl (C=O) groups excluding carboxylic acids is 1. The number of phenols is 3. The third-order valence-corrected chi connectivity index (χ3v) is 2.99. The number of benzene rings is 2. The molecule has 0 amide bonds. The van der Waals surface area contributed by atoms with Crippen LogP contribution in [-0.4, -0.2) is 21.1 Å². The van der Waals surface area contributed by atoms with Crippen molar-refractivity contribution >= 4 is 5.78 Å². The molecule has 0 bridgehead atoms. The Bertz CT molecular complexity index is 618. The normalized spacial score (nSPS) is 10.4. The van der Waals surface area contributed by atoms with E-state index in [4.69, 9.17) is 0 Å². The largest absolute Gasteiger partial charge is 0.507 e. The van der Waals surface area contributed by atoms with E-state index in [0.29, 0.717) is 0 Å². The summed E-state index contributed by atoms with van der Waals surface area (Å²) in [5, 5.41) is 29.0. The number of rotatable bonds is 3. The molecule has 3 N–H and O–H groups in total. The average Bonchev–Trinajstić information content (AvgIpc) is 2.37. The van der Waals surface area contributed by atoms with E-state index in [2.05, 4.69) is 0 Å². The molecule has 2 aromatic carbocycles. The summed E-state index contributed by atoms with van der Waals surface area (Å²) in [6, 6.07) is 10.1. The van der Waals surface area contributed by atoms with Gasteiger partial charge in [0.2, 0.25) is 0 Å². The smallest absolute Gasteiger partial charge is 0.174 e. The zero-order valence-corrected chi connectivity index (χ0v) is 10.4. The van der Waals surface area contributed by atoms with Crippen LogP contribution in [0.25, 0.3) is 0 Å². The van der Waals surface area contributed by atoms with Crippen molar-refractivity contribution < 1.29 is 20.1 Å². The molecule has 0 spiro atoms. The lowest BCUT2D eigenvalue weighted by Crippen LogP contribution is -2.05. The third-order valence-electron chi connectivity index (χ3n) is 2.99. The summed E-state index contributed by atoms with van der Waals surface area (Å²) >= 11 is 0. The monoisotopic (exact) mass is 258 g/mol. The zero-order chi connectivity index (χ0) is 14.0. The Morgan fingerprint density at radius 3 is 2.32 bits per heavy atom. The van der Waals surface area contributed by atoms with Crippen LogP contribution in [0, 0.1) is 6.92 Å². The molecule has 0 aliphatic carbocycles. The fourth-order valence-corrected chi connectivity index (χ4v) is 1.88. The number of Topliss-reactive ketones (excluding diaryl/α,β-unsaturated/α-hetero) is 1. The van der Waals surface area contributed by atoms with Crippen LogP contribution in [0.4, 0.5) is 0 Å². The van der Waals surface area contributed by atoms with Gasteiger partial charge in [0.15, 0.2) is 5.78 Å². The quantitative estimate of drug-likeness (QED) is 0.739. The van der Waals surface area contributed by atoms with Crippen LogP contribution in [0.3, 0.4) is 0 Å². The second kappa shape index (κ2) is 5.02. The number of hydrogen-bond acceptors (Lipinski definition) is 4. The minimum absolute atomic E-state index is 0.0756. The number of carbonyl (C=O) groups is 1. The molecule has 0 aromatic heterocycles. The first-order valence-electron chi connectivity index (χ1n) is 5.82. The van der Waals surface area contributed by atoms with Crippen LogP contribution in [0.15, 0.2) is 36.4 Å². The van der Waals surface area contributed by atoms with Gasteiger partial charge in [-0.05, 0) is 12.5 Å². The Balaban J connectivity index is 2.37. The predicted molar refractivity (Wildman–Crippen MR) is 70.6 cm³/mol. The van der Waals surface area contributed by atoms with E-state index in [-0.39, 0.29) is 29.0 Å². The van der Waals surface area contributed by atoms with E-state index >= 15 is 0 Å². The summed E-state index contributed by atoms with van der Waals surface area (Å²) in [6.07, 6.45) is 0.0756. The molecular weight excluding hydrogens is 244 g/mol. The van der Waals surface area contributed by atoms with Crippen molar-refractivity contribution in [2.24, 2.45) is 0 Å². The molecule has 0 radical (unpaired) electrons. The van der Waals surface area contributed by atoms with E-state index in [1.165, 1.54) is 6.92 Å². The molecule has 0 aliphatic heterocycles. The Morgan fingerprint density at radius 1 is 1.05 bits per heavy atom. The van der Waals surface area contributed by atoms with Crippen molar-refractivity contribution in [3.8, 4) is 17.2 Å². The number of hydrogen-bond donors (Lipinski definition) is 3. The molecule has 0 aliphatic rings. The van der Waals surface area contributed by atoms with Crippen molar-refractivity contribution in [3.63, 3.8) is 0 Å². The Hall–Kier alpha value is -2.49. The van der Waals surface area contributed by atoms with Gasteiger partial charge in [-0.3, -0.25) is 4.79 Å². The van der Waals surface area contributed by atoms with Crippen molar-refractivity contribution in [3.05, 3.63) is 53.1 Å². The summed E-state index contributed by atoms with van der Waals surface area (Å²) in [5.41, 5.74) is 0.811. The van der Waals surface area contributed by atoms with E-state index in [9.17, 15) is 20.1 Å². The number of phenolic OH excluding ortho intramolecular Hbond substituents is 3. The van der Waals surface area contributed by atoms with Gasteiger partial charge < -0.3 is 15.3 Å². The molecule has 4 heteroatoms. The Morgan fingerprint density at radius 2 is 1.68 bits per heavy atom. The highest BCUT2D eigenvalue weighted by Crippen LogP contribution is 2.37. The zero-order valence-electron chi connectivity index (χ0n) is 10.4. The lowest BCUT2D eigenvalue weighted by atomic mass is 9.99. The number of ketones is 1. The van der Waals surface area contributed by atoms with E-state index in [1.807, 2.05) is 18.2 Å². The van der Waals surface area contributed by atoms with E-state index < -0.39 is 11.5 Å². The Labute approximate surface area is 110 Å². The highest BCUT2D eigenvalue weighted by atomic mass is 16.3. The van der Waals surface area contributed by atoms with Crippen LogP contribution < -0.4 is 0 Å². The fraction of sp³-hybridized carbons (Fsp3) is 0.133. The maximum Gasteiger partial charge on any atom is 0.174 e. The number of aromatic hydroxyl groups is 3. The molecule has 2 rings (SSSR count). The van der Waals surface area contributed by atoms with Crippen LogP contribution in [0.5, 0.6) is 17.2 Å². The molecule has 2 aromatic rings. The van der Waals surface area contributed by atoms with Gasteiger partial charge in [0.25, 0.3) is 0 Å². The fourth-order valence-electron chi connectivity index (χ4n) is 1.88. The van der Waals surface area contributed by atoms with Gasteiger partial charge in [-0.1, -0.05) is 30.3 Å². The lowest BCUT2D eigenvalue weighted by Gasteiger charge is -2.10. The topological polar surface area (TPSA) is 77.8 Å². The molecule has 4 nitrogen and oxygen atoms in total. The first-order valence-corrected chi connectivity index (χ1v) is 5.82. The molecular formula is C15H14O4. The molecule has 98 valence electrons. The molecule has 0 saturated carbocycles. The SMILES string of the molecule is Cc1c(O)cc(O)c(C(=O)Cc2ccccc2)c1O. The molecule has 0 unspecified atom stereocenters. The van der Waals surface area contributed by atoms with Crippen molar-refractivity contribution in [1.29, 1.82) is 0 Å². The predicted octanol–water partition coefficient (Wildman–Crippen LogP) is 2.54. The van der Waals surface area contributed by atoms with Gasteiger partial charge in [-0.2, -0.15) is 0 Å². The van der Waals surface area contributed by atoms with Crippen LogP contribution in [-0.2, 0) is 6.42 Å². The lowest BCUT2D eigenvalue weighted by molar-refractivity contribution is 0.0987. The van der Waals surface area contributed by atoms with Crippen molar-refractivity contribution in [2.75, 3.05) is 0 Å². The van der Waals surface area contributed by atoms with Gasteiger partial charge in [0, 0.05) is 18.1 Å². The Kier molecular flexibility index (Phi) is 3.42. The second-order valence-electron chi connectivity index (χ2n) is 4.35. The van der Waals surface area contributed by atoms with Crippen molar-refractivity contribution in [2.45, 2.75) is 13.3 Å². The van der Waals surface area contributed by atoms with Gasteiger partial charge >= 0.3 is 0 Å². The van der Waals surface area contributed by atoms with Gasteiger partial charge in [-0.25, -0.2) is 0 Å². The van der Waals surface area contributed by atoms with Crippen LogP contribution in [0.2, 0.25) is 0 Å². The molecule has 0 atom stereocenters. The molecule has 0 saturated heterocycles. The second-order valence-corrected chi connectivity index (χ2v) is 4.35. The van der Waals surface area contributed by atoms with Gasteiger partial charge in [-0.15, -0.1) is 0 Å². The van der Waals surface area contributed by atoms with Crippen LogP contribution >= 0.6 is 0 Å². The highest BCUT2D eigenvalue weighted by molar-refractivity contribution is 6.03. The average molecular weight is 258 g/mol. The first kappa shape index (κ1) is 13.0. The van der Waals surface area contributed by atoms with Gasteiger partial charge in [0.05, 0.1) is 0 Å². The van der Waals surface area contributed by atoms with E-state index in [1.54, 1.807) is 12.1 Å². The summed E-state index contributed by atoms with van der Waals surface area (Å²) in [5.74, 6) is -1.43. The summed E-state index contributed by atoms with van der Waals surface area (Å²) in [4.78, 5) is 12.1. The summed E-state index contributed by atoms with van der Waals surface area (Å²) in [6.45, 7) is 1.48. The molecule has 0 heterocycles.